The molecule has 0 N–H and O–H groups in total. The molecule has 0 bridgehead atoms. The van der Waals surface area contributed by atoms with E-state index in [1.54, 1.807) is 0 Å². The van der Waals surface area contributed by atoms with Gasteiger partial charge in [0.1, 0.15) is 0 Å². The summed E-state index contributed by atoms with van der Waals surface area (Å²) < 4.78 is 0. The van der Waals surface area contributed by atoms with Crippen LogP contribution in [0.1, 0.15) is 39.5 Å². The predicted octanol–water partition coefficient (Wildman–Crippen LogP) is 3.26. The van der Waals surface area contributed by atoms with E-state index >= 15 is 0 Å². The van der Waals surface area contributed by atoms with Crippen molar-refractivity contribution in [2.24, 2.45) is 23.7 Å². The summed E-state index contributed by atoms with van der Waals surface area (Å²) in [6.45, 7) is 4.54. The molecular weight excluding hydrogens is 196 g/mol. The van der Waals surface area contributed by atoms with Crippen molar-refractivity contribution in [1.29, 1.82) is 0 Å². The second-order valence-corrected chi connectivity index (χ2v) is 5.76. The van der Waals surface area contributed by atoms with Crippen LogP contribution in [0, 0.1) is 23.7 Å². The average Bonchev–Trinajstić information content (AvgIpc) is 2.43. The maximum absolute atomic E-state index is 11.6. The van der Waals surface area contributed by atoms with Crippen LogP contribution in [-0.2, 0) is 4.79 Å². The monoisotopic (exact) mass is 214 g/mol. The summed E-state index contributed by atoms with van der Waals surface area (Å²) in [7, 11) is 0. The second kappa shape index (κ2) is 3.84. The number of hydrogen-bond donors (Lipinski definition) is 0. The van der Waals surface area contributed by atoms with Crippen LogP contribution in [0.2, 0.25) is 0 Å². The van der Waals surface area contributed by atoms with Crippen molar-refractivity contribution >= 4 is 17.4 Å². The molecule has 1 unspecified atom stereocenters. The first-order chi connectivity index (χ1) is 6.59. The van der Waals surface area contributed by atoms with E-state index in [4.69, 9.17) is 11.6 Å². The fourth-order valence-electron chi connectivity index (χ4n) is 3.39. The van der Waals surface area contributed by atoms with Gasteiger partial charge in [-0.1, -0.05) is 20.3 Å². The molecule has 0 radical (unpaired) electrons. The van der Waals surface area contributed by atoms with Crippen molar-refractivity contribution in [2.75, 3.05) is 0 Å². The van der Waals surface area contributed by atoms with Crippen LogP contribution in [0.3, 0.4) is 0 Å². The van der Waals surface area contributed by atoms with E-state index in [2.05, 4.69) is 13.8 Å². The second-order valence-electron chi connectivity index (χ2n) is 5.23. The Morgan fingerprint density at radius 1 is 1.14 bits per heavy atom. The zero-order valence-corrected chi connectivity index (χ0v) is 9.76. The van der Waals surface area contributed by atoms with Crippen LogP contribution in [0.25, 0.3) is 0 Å². The van der Waals surface area contributed by atoms with Gasteiger partial charge in [0.2, 0.25) is 0 Å². The topological polar surface area (TPSA) is 17.1 Å². The molecular formula is C12H19ClO. The number of fused-ring (bicyclic) bond motifs is 1. The minimum atomic E-state index is -0.201. The molecule has 80 valence electrons. The maximum Gasteiger partial charge on any atom is 0.150 e. The lowest BCUT2D eigenvalue weighted by atomic mass is 9.81. The van der Waals surface area contributed by atoms with Crippen LogP contribution in [-0.4, -0.2) is 11.2 Å². The molecule has 0 amide bonds. The average molecular weight is 215 g/mol. The van der Waals surface area contributed by atoms with E-state index in [0.717, 1.165) is 18.3 Å². The smallest absolute Gasteiger partial charge is 0.150 e. The first-order valence-electron chi connectivity index (χ1n) is 5.76. The molecule has 2 fully saturated rings. The van der Waals surface area contributed by atoms with E-state index in [0.29, 0.717) is 18.3 Å². The van der Waals surface area contributed by atoms with Crippen LogP contribution in [0.5, 0.6) is 0 Å². The summed E-state index contributed by atoms with van der Waals surface area (Å²) >= 11 is 6.12. The third kappa shape index (κ3) is 1.71. The number of rotatable bonds is 0. The molecule has 0 aromatic carbocycles. The minimum Gasteiger partial charge on any atom is -0.298 e. The number of halogens is 1. The first kappa shape index (κ1) is 10.5. The Morgan fingerprint density at radius 2 is 1.86 bits per heavy atom. The van der Waals surface area contributed by atoms with Gasteiger partial charge in [0.05, 0.1) is 5.38 Å². The van der Waals surface area contributed by atoms with Gasteiger partial charge in [-0.15, -0.1) is 11.6 Å². The molecule has 14 heavy (non-hydrogen) atoms. The summed E-state index contributed by atoms with van der Waals surface area (Å²) in [4.78, 5) is 11.6. The van der Waals surface area contributed by atoms with Gasteiger partial charge in [-0.2, -0.15) is 0 Å². The van der Waals surface area contributed by atoms with Gasteiger partial charge < -0.3 is 0 Å². The number of ketones is 1. The molecule has 2 saturated carbocycles. The van der Waals surface area contributed by atoms with E-state index in [1.165, 1.54) is 12.8 Å². The van der Waals surface area contributed by atoms with Gasteiger partial charge in [-0.25, -0.2) is 0 Å². The van der Waals surface area contributed by atoms with Crippen LogP contribution in [0.4, 0.5) is 0 Å². The fraction of sp³-hybridized carbons (Fsp3) is 0.917. The normalized spacial score (nSPS) is 48.8. The molecule has 0 spiro atoms. The molecule has 0 aromatic rings. The Labute approximate surface area is 91.2 Å². The lowest BCUT2D eigenvalue weighted by Gasteiger charge is -2.24. The molecule has 0 aliphatic heterocycles. The summed E-state index contributed by atoms with van der Waals surface area (Å²) in [5.74, 6) is 3.08. The fourth-order valence-corrected chi connectivity index (χ4v) is 3.68. The summed E-state index contributed by atoms with van der Waals surface area (Å²) in [5.41, 5.74) is 0. The standard InChI is InChI=1S/C12H19ClO/c1-7-3-4-9-8(2)5-12(14)11(13)6-10(7)9/h7-11H,3-6H2,1-2H3/t7-,8-,9-,10-,11?/m0/s1. The van der Waals surface area contributed by atoms with Gasteiger partial charge in [0.25, 0.3) is 0 Å². The van der Waals surface area contributed by atoms with Crippen LogP contribution < -0.4 is 0 Å². The van der Waals surface area contributed by atoms with Crippen LogP contribution >= 0.6 is 11.6 Å². The lowest BCUT2D eigenvalue weighted by Crippen LogP contribution is -2.18. The summed E-state index contributed by atoms with van der Waals surface area (Å²) in [6, 6.07) is 0. The largest absolute Gasteiger partial charge is 0.298 e. The minimum absolute atomic E-state index is 0.201. The van der Waals surface area contributed by atoms with E-state index in [9.17, 15) is 4.79 Å². The zero-order chi connectivity index (χ0) is 10.3. The van der Waals surface area contributed by atoms with Gasteiger partial charge in [-0.3, -0.25) is 4.79 Å². The highest BCUT2D eigenvalue weighted by atomic mass is 35.5. The predicted molar refractivity (Wildman–Crippen MR) is 58.4 cm³/mol. The molecule has 0 aromatic heterocycles. The van der Waals surface area contributed by atoms with Crippen molar-refractivity contribution in [3.63, 3.8) is 0 Å². The number of alkyl halides is 1. The van der Waals surface area contributed by atoms with Crippen LogP contribution in [0.15, 0.2) is 0 Å². The van der Waals surface area contributed by atoms with Gasteiger partial charge in [0, 0.05) is 6.42 Å². The van der Waals surface area contributed by atoms with E-state index in [-0.39, 0.29) is 11.2 Å². The number of hydrogen-bond acceptors (Lipinski definition) is 1. The van der Waals surface area contributed by atoms with Crippen molar-refractivity contribution in [3.8, 4) is 0 Å². The molecule has 0 heterocycles. The summed E-state index contributed by atoms with van der Waals surface area (Å²) in [5, 5.41) is -0.201. The van der Waals surface area contributed by atoms with Crippen molar-refractivity contribution < 1.29 is 4.79 Å². The number of Topliss-reactive ketones (excluding diaryl/α,β-unsaturated/α-hetero) is 1. The quantitative estimate of drug-likeness (QED) is 0.566. The molecule has 1 nitrogen and oxygen atoms in total. The highest BCUT2D eigenvalue weighted by Crippen LogP contribution is 2.47. The third-order valence-corrected chi connectivity index (χ3v) is 4.74. The summed E-state index contributed by atoms with van der Waals surface area (Å²) in [6.07, 6.45) is 4.28. The molecule has 2 aliphatic rings. The van der Waals surface area contributed by atoms with Gasteiger partial charge >= 0.3 is 0 Å². The Bertz CT molecular complexity index is 238. The highest BCUT2D eigenvalue weighted by molar-refractivity contribution is 6.31. The SMILES string of the molecule is C[C@H]1CC[C@@H]2[C@H]1CC(Cl)C(=O)C[C@@H]2C. The van der Waals surface area contributed by atoms with Crippen molar-refractivity contribution in [1.82, 2.24) is 0 Å². The Balaban J connectivity index is 2.18. The van der Waals surface area contributed by atoms with Crippen molar-refractivity contribution in [3.05, 3.63) is 0 Å². The molecule has 2 rings (SSSR count). The molecule has 5 atom stereocenters. The van der Waals surface area contributed by atoms with Crippen molar-refractivity contribution in [2.45, 2.75) is 44.9 Å². The maximum atomic E-state index is 11.6. The lowest BCUT2D eigenvalue weighted by molar-refractivity contribution is -0.119. The Morgan fingerprint density at radius 3 is 2.57 bits per heavy atom. The number of carbonyl (C=O) groups is 1. The Kier molecular flexibility index (Phi) is 2.88. The zero-order valence-electron chi connectivity index (χ0n) is 9.00. The molecule has 2 heteroatoms. The van der Waals surface area contributed by atoms with Gasteiger partial charge in [-0.05, 0) is 36.5 Å². The first-order valence-corrected chi connectivity index (χ1v) is 6.20. The number of carbonyl (C=O) groups excluding carboxylic acids is 1. The van der Waals surface area contributed by atoms with E-state index < -0.39 is 0 Å². The Hall–Kier alpha value is -0.0400. The van der Waals surface area contributed by atoms with E-state index in [1.807, 2.05) is 0 Å². The molecule has 2 aliphatic carbocycles. The highest BCUT2D eigenvalue weighted by Gasteiger charge is 2.41. The van der Waals surface area contributed by atoms with Gasteiger partial charge in [0.15, 0.2) is 5.78 Å². The molecule has 0 saturated heterocycles. The third-order valence-electron chi connectivity index (χ3n) is 4.32.